The molecule has 0 radical (unpaired) electrons. The van der Waals surface area contributed by atoms with Crippen LogP contribution < -0.4 is 5.32 Å². The first-order chi connectivity index (χ1) is 16.4. The second kappa shape index (κ2) is 10.5. The summed E-state index contributed by atoms with van der Waals surface area (Å²) in [6.45, 7) is 8.00. The number of carbonyl (C=O) groups excluding carboxylic acids is 2. The summed E-state index contributed by atoms with van der Waals surface area (Å²) < 4.78 is 45.6. The van der Waals surface area contributed by atoms with Gasteiger partial charge >= 0.3 is 12.1 Å². The minimum Gasteiger partial charge on any atom is -0.475 e. The largest absolute Gasteiger partial charge is 0.490 e. The van der Waals surface area contributed by atoms with Gasteiger partial charge in [0, 0.05) is 43.2 Å². The number of rotatable bonds is 4. The topological polar surface area (TPSA) is 90.0 Å². The molecule has 0 aromatic heterocycles. The van der Waals surface area contributed by atoms with Gasteiger partial charge in [-0.05, 0) is 50.4 Å². The van der Waals surface area contributed by atoms with E-state index >= 15 is 0 Å². The Balaban J connectivity index is 0.000000429. The number of piperidine rings is 1. The van der Waals surface area contributed by atoms with Crippen LogP contribution in [-0.4, -0.2) is 77.1 Å². The molecule has 3 aliphatic rings. The molecule has 11 heteroatoms. The molecule has 3 saturated heterocycles. The summed E-state index contributed by atoms with van der Waals surface area (Å²) in [6.07, 6.45) is -1.19. The minimum atomic E-state index is -5.08. The Morgan fingerprint density at radius 1 is 1.20 bits per heavy atom. The van der Waals surface area contributed by atoms with Gasteiger partial charge in [-0.1, -0.05) is 19.4 Å². The molecule has 2 N–H and O–H groups in total. The van der Waals surface area contributed by atoms with Crippen molar-refractivity contribution >= 4 is 17.8 Å². The zero-order chi connectivity index (χ0) is 26.0. The third-order valence-electron chi connectivity index (χ3n) is 7.25. The number of carboxylic acid groups (broad SMARTS) is 1. The Hall–Kier alpha value is -2.69. The van der Waals surface area contributed by atoms with Crippen molar-refractivity contribution in [3.8, 4) is 0 Å². The summed E-state index contributed by atoms with van der Waals surface area (Å²) in [5, 5.41) is 10.4. The number of aliphatic carboxylic acids is 1. The Kier molecular flexibility index (Phi) is 8.08. The first-order valence-corrected chi connectivity index (χ1v) is 11.8. The summed E-state index contributed by atoms with van der Waals surface area (Å²) in [7, 11) is 0. The highest BCUT2D eigenvalue weighted by Gasteiger charge is 2.57. The van der Waals surface area contributed by atoms with Gasteiger partial charge < -0.3 is 20.2 Å². The number of hydrogen-bond donors (Lipinski definition) is 2. The molecule has 3 heterocycles. The number of nitrogens with one attached hydrogen (secondary N) is 1. The number of nitrogens with zero attached hydrogens (tertiary/aromatic N) is 2. The van der Waals surface area contributed by atoms with Crippen molar-refractivity contribution in [3.05, 3.63) is 35.1 Å². The molecular formula is C24H31F4N3O4. The van der Waals surface area contributed by atoms with Crippen LogP contribution in [-0.2, 0) is 9.59 Å². The number of carboxylic acids is 1. The van der Waals surface area contributed by atoms with Crippen LogP contribution in [0.1, 0.15) is 48.5 Å². The molecule has 3 fully saturated rings. The third-order valence-corrected chi connectivity index (χ3v) is 7.25. The van der Waals surface area contributed by atoms with Crippen molar-refractivity contribution in [1.82, 2.24) is 15.1 Å². The maximum atomic E-state index is 13.8. The second-order valence-corrected chi connectivity index (χ2v) is 9.53. The van der Waals surface area contributed by atoms with Gasteiger partial charge in [-0.2, -0.15) is 13.2 Å². The number of fused-ring (bicyclic) bond motifs is 2. The average Bonchev–Trinajstić information content (AvgIpc) is 3.33. The first kappa shape index (κ1) is 26.9. The quantitative estimate of drug-likeness (QED) is 0.619. The molecule has 1 spiro atoms. The standard InChI is InChI=1S/C22H30FN3O2.C2HF3O2/c1-3-4-9-25-13-17-18(14-25)22(24-20(17)27)7-10-26(11-8-22)21(28)16-6-5-15(2)19(23)12-16;3-2(4,5)1(6)7/h5-6,12,17-18H,3-4,7-11,13-14H2,1-2H3,(H,24,27);(H,6,7)/t17-,18+;/m1./s1. The molecule has 3 aliphatic heterocycles. The molecular weight excluding hydrogens is 470 g/mol. The molecule has 2 amide bonds. The Morgan fingerprint density at radius 3 is 2.37 bits per heavy atom. The molecule has 0 unspecified atom stereocenters. The van der Waals surface area contributed by atoms with Crippen LogP contribution in [0.3, 0.4) is 0 Å². The Bertz CT molecular complexity index is 961. The lowest BCUT2D eigenvalue weighted by Gasteiger charge is -2.42. The second-order valence-electron chi connectivity index (χ2n) is 9.53. The van der Waals surface area contributed by atoms with Gasteiger partial charge in [0.05, 0.1) is 5.92 Å². The minimum absolute atomic E-state index is 0.0882. The van der Waals surface area contributed by atoms with E-state index in [1.54, 1.807) is 24.0 Å². The van der Waals surface area contributed by atoms with Crippen LogP contribution >= 0.6 is 0 Å². The maximum Gasteiger partial charge on any atom is 0.490 e. The fourth-order valence-electron chi connectivity index (χ4n) is 5.22. The summed E-state index contributed by atoms with van der Waals surface area (Å²) in [5.74, 6) is -2.61. The van der Waals surface area contributed by atoms with Gasteiger partial charge in [-0.25, -0.2) is 9.18 Å². The van der Waals surface area contributed by atoms with Gasteiger partial charge in [-0.3, -0.25) is 9.59 Å². The monoisotopic (exact) mass is 501 g/mol. The van der Waals surface area contributed by atoms with Gasteiger partial charge in [0.25, 0.3) is 5.91 Å². The van der Waals surface area contributed by atoms with Crippen molar-refractivity contribution in [2.75, 3.05) is 32.7 Å². The number of likely N-dealkylation sites (tertiary alicyclic amines) is 2. The zero-order valence-corrected chi connectivity index (χ0v) is 19.8. The number of aryl methyl sites for hydroxylation is 1. The number of alkyl halides is 3. The number of amides is 2. The number of hydrogen-bond acceptors (Lipinski definition) is 4. The van der Waals surface area contributed by atoms with Crippen LogP contribution in [0, 0.1) is 24.6 Å². The fraction of sp³-hybridized carbons (Fsp3) is 0.625. The van der Waals surface area contributed by atoms with E-state index in [9.17, 15) is 27.2 Å². The van der Waals surface area contributed by atoms with Gasteiger partial charge in [-0.15, -0.1) is 0 Å². The molecule has 7 nitrogen and oxygen atoms in total. The van der Waals surface area contributed by atoms with Crippen LogP contribution in [0.25, 0.3) is 0 Å². The predicted molar refractivity (Wildman–Crippen MR) is 119 cm³/mol. The fourth-order valence-corrected chi connectivity index (χ4v) is 5.22. The van der Waals surface area contributed by atoms with Gasteiger partial charge in [0.2, 0.25) is 5.91 Å². The van der Waals surface area contributed by atoms with Gasteiger partial charge in [0.1, 0.15) is 5.82 Å². The number of carbonyl (C=O) groups is 3. The van der Waals surface area contributed by atoms with E-state index in [2.05, 4.69) is 17.1 Å². The highest BCUT2D eigenvalue weighted by molar-refractivity contribution is 5.94. The highest BCUT2D eigenvalue weighted by Crippen LogP contribution is 2.44. The summed E-state index contributed by atoms with van der Waals surface area (Å²) in [5.41, 5.74) is 0.764. The molecule has 0 aliphatic carbocycles. The lowest BCUT2D eigenvalue weighted by molar-refractivity contribution is -0.192. The van der Waals surface area contributed by atoms with E-state index in [1.807, 2.05) is 0 Å². The van der Waals surface area contributed by atoms with E-state index in [0.717, 1.165) is 32.5 Å². The predicted octanol–water partition coefficient (Wildman–Crippen LogP) is 3.22. The van der Waals surface area contributed by atoms with E-state index in [0.29, 0.717) is 30.1 Å². The van der Waals surface area contributed by atoms with Gasteiger partial charge in [0.15, 0.2) is 0 Å². The van der Waals surface area contributed by atoms with Crippen LogP contribution in [0.2, 0.25) is 0 Å². The number of halogens is 4. The summed E-state index contributed by atoms with van der Waals surface area (Å²) in [6, 6.07) is 4.68. The Labute approximate surface area is 201 Å². The van der Waals surface area contributed by atoms with Crippen LogP contribution in [0.4, 0.5) is 17.6 Å². The van der Waals surface area contributed by atoms with E-state index in [4.69, 9.17) is 9.90 Å². The molecule has 0 bridgehead atoms. The lowest BCUT2D eigenvalue weighted by Crippen LogP contribution is -2.56. The molecule has 4 rings (SSSR count). The molecule has 1 aromatic carbocycles. The van der Waals surface area contributed by atoms with Crippen molar-refractivity contribution < 1.29 is 37.1 Å². The smallest absolute Gasteiger partial charge is 0.475 e. The maximum absolute atomic E-state index is 13.8. The first-order valence-electron chi connectivity index (χ1n) is 11.8. The number of benzene rings is 1. The normalized spacial score (nSPS) is 23.5. The summed E-state index contributed by atoms with van der Waals surface area (Å²) >= 11 is 0. The van der Waals surface area contributed by atoms with Crippen molar-refractivity contribution in [2.24, 2.45) is 11.8 Å². The average molecular weight is 502 g/mol. The van der Waals surface area contributed by atoms with Crippen LogP contribution in [0.5, 0.6) is 0 Å². The van der Waals surface area contributed by atoms with E-state index in [1.165, 1.54) is 18.9 Å². The van der Waals surface area contributed by atoms with E-state index in [-0.39, 0.29) is 29.1 Å². The van der Waals surface area contributed by atoms with Crippen molar-refractivity contribution in [3.63, 3.8) is 0 Å². The molecule has 194 valence electrons. The lowest BCUT2D eigenvalue weighted by atomic mass is 9.75. The van der Waals surface area contributed by atoms with Crippen molar-refractivity contribution in [2.45, 2.75) is 51.2 Å². The number of unbranched alkanes of at least 4 members (excludes halogenated alkanes) is 1. The summed E-state index contributed by atoms with van der Waals surface area (Å²) in [4.78, 5) is 38.5. The third kappa shape index (κ3) is 5.94. The molecule has 35 heavy (non-hydrogen) atoms. The van der Waals surface area contributed by atoms with Crippen molar-refractivity contribution in [1.29, 1.82) is 0 Å². The zero-order valence-electron chi connectivity index (χ0n) is 19.8. The van der Waals surface area contributed by atoms with E-state index < -0.39 is 12.1 Å². The Morgan fingerprint density at radius 2 is 1.83 bits per heavy atom. The molecule has 1 aromatic rings. The molecule has 2 atom stereocenters. The SMILES string of the molecule is CCCCN1C[C@H]2C(=O)NC3(CCN(C(=O)c4ccc(C)c(F)c4)CC3)[C@H]2C1.O=C(O)C(F)(F)F. The highest BCUT2D eigenvalue weighted by atomic mass is 19.4. The molecule has 0 saturated carbocycles. The van der Waals surface area contributed by atoms with Crippen LogP contribution in [0.15, 0.2) is 18.2 Å².